The minimum atomic E-state index is -1.22. The molecule has 0 radical (unpaired) electrons. The molecule has 3 N–H and O–H groups in total. The average Bonchev–Trinajstić information content (AvgIpc) is 4.04. The molecule has 2 fully saturated rings. The van der Waals surface area contributed by atoms with Crippen molar-refractivity contribution in [2.24, 2.45) is 11.3 Å². The number of nitrogens with one attached hydrogen (secondary N) is 3. The van der Waals surface area contributed by atoms with Crippen LogP contribution in [0.4, 0.5) is 13.9 Å². The molecule has 2 aromatic heterocycles. The zero-order valence-electron chi connectivity index (χ0n) is 37.0. The van der Waals surface area contributed by atoms with Crippen molar-refractivity contribution in [2.45, 2.75) is 66.1 Å². The topological polar surface area (TPSA) is 174 Å². The Labute approximate surface area is 380 Å². The Hall–Kier alpha value is -5.08. The molecule has 4 amide bonds. The lowest BCUT2D eigenvalue weighted by Crippen LogP contribution is -2.58. The van der Waals surface area contributed by atoms with E-state index in [2.05, 4.69) is 25.9 Å². The first-order valence-corrected chi connectivity index (χ1v) is 23.1. The van der Waals surface area contributed by atoms with Crippen LogP contribution in [0.3, 0.4) is 0 Å². The quantitative estimate of drug-likeness (QED) is 0.101. The molecule has 0 unspecified atom stereocenters. The third-order valence-electron chi connectivity index (χ3n) is 10.9. The summed E-state index contributed by atoms with van der Waals surface area (Å²) in [6.07, 6.45) is 0.500. The zero-order valence-corrected chi connectivity index (χ0v) is 38.7. The normalized spacial score (nSPS) is 17.5. The number of aromatic nitrogens is 2. The SMILES string of the molecule is Cc1ncsc1-c1ccc([C@H](C)NC(=O)[C@@H]2C[C@@H](C)CN2C(=O)[C@@H](NC(=O)COCCOCCNC(=O)COc2c(-c3csc(N4CCOCC4)n3)ccc(F)c2F)C(C)(C)C)cc1. The second-order valence-electron chi connectivity index (χ2n) is 17.0. The Morgan fingerprint density at radius 3 is 2.39 bits per heavy atom. The van der Waals surface area contributed by atoms with E-state index in [1.165, 1.54) is 17.4 Å². The maximum atomic E-state index is 14.9. The van der Waals surface area contributed by atoms with Crippen molar-refractivity contribution in [1.29, 1.82) is 0 Å². The number of aryl methyl sites for hydroxylation is 1. The van der Waals surface area contributed by atoms with E-state index in [0.717, 1.165) is 32.9 Å². The number of benzene rings is 2. The highest BCUT2D eigenvalue weighted by Gasteiger charge is 2.44. The van der Waals surface area contributed by atoms with Crippen molar-refractivity contribution < 1.29 is 46.9 Å². The first-order valence-electron chi connectivity index (χ1n) is 21.3. The lowest BCUT2D eigenvalue weighted by atomic mass is 9.85. The number of rotatable bonds is 19. The molecule has 0 bridgehead atoms. The molecule has 346 valence electrons. The molecule has 15 nitrogen and oxygen atoms in total. The van der Waals surface area contributed by atoms with Crippen molar-refractivity contribution in [3.8, 4) is 27.4 Å². The van der Waals surface area contributed by atoms with Gasteiger partial charge in [-0.1, -0.05) is 52.0 Å². The molecule has 0 spiro atoms. The number of thiazole rings is 2. The number of carbonyl (C=O) groups excluding carboxylic acids is 4. The summed E-state index contributed by atoms with van der Waals surface area (Å²) >= 11 is 2.94. The van der Waals surface area contributed by atoms with E-state index < -0.39 is 53.3 Å². The maximum absolute atomic E-state index is 14.9. The fourth-order valence-corrected chi connectivity index (χ4v) is 9.14. The van der Waals surface area contributed by atoms with Gasteiger partial charge in [0.25, 0.3) is 5.91 Å². The number of carbonyl (C=O) groups is 4. The highest BCUT2D eigenvalue weighted by atomic mass is 32.1. The summed E-state index contributed by atoms with van der Waals surface area (Å²) in [6.45, 7) is 13.8. The largest absolute Gasteiger partial charge is 0.480 e. The Morgan fingerprint density at radius 2 is 1.69 bits per heavy atom. The first-order chi connectivity index (χ1) is 30.6. The molecular formula is C45H57F2N7O8S2. The Morgan fingerprint density at radius 1 is 0.953 bits per heavy atom. The lowest BCUT2D eigenvalue weighted by molar-refractivity contribution is -0.144. The van der Waals surface area contributed by atoms with Crippen LogP contribution in [0.2, 0.25) is 0 Å². The second kappa shape index (κ2) is 22.2. The van der Waals surface area contributed by atoms with Crippen molar-refractivity contribution >= 4 is 51.4 Å². The van der Waals surface area contributed by atoms with E-state index in [1.807, 2.05) is 76.2 Å². The van der Waals surface area contributed by atoms with Gasteiger partial charge in [0, 0.05) is 37.1 Å². The van der Waals surface area contributed by atoms with Crippen LogP contribution < -0.4 is 25.6 Å². The van der Waals surface area contributed by atoms with Crippen LogP contribution in [-0.2, 0) is 33.4 Å². The average molecular weight is 926 g/mol. The van der Waals surface area contributed by atoms with Crippen molar-refractivity contribution in [3.63, 3.8) is 0 Å². The van der Waals surface area contributed by atoms with Crippen molar-refractivity contribution in [2.75, 3.05) is 77.3 Å². The minimum Gasteiger partial charge on any atom is -0.480 e. The molecule has 2 aliphatic rings. The predicted octanol–water partition coefficient (Wildman–Crippen LogP) is 5.53. The molecule has 19 heteroatoms. The number of hydrogen-bond donors (Lipinski definition) is 3. The molecule has 2 aliphatic heterocycles. The molecule has 4 aromatic rings. The summed E-state index contributed by atoms with van der Waals surface area (Å²) in [7, 11) is 0. The first kappa shape index (κ1) is 48.4. The van der Waals surface area contributed by atoms with Gasteiger partial charge in [-0.05, 0) is 54.9 Å². The standard InChI is InChI=1S/C45H57F2N7O8S2/c1-27-21-35(42(57)50-28(2)30-7-9-31(10-8-30)40-29(3)49-26-64-40)54(22-27)43(58)41(45(4,5)6)52-37(56)23-61-20-19-59-16-13-48-36(55)24-62-39-32(11-12-33(46)38(39)47)34-25-63-44(51-34)53-14-17-60-18-15-53/h7-12,25-28,35,41H,13-24H2,1-6H3,(H,48,55)(H,50,57)(H,52,56)/t27-,28+,35+,41-/m1/s1. The third-order valence-corrected chi connectivity index (χ3v) is 12.8. The highest BCUT2D eigenvalue weighted by Crippen LogP contribution is 2.37. The number of halogens is 2. The van der Waals surface area contributed by atoms with Crippen LogP contribution in [0, 0.1) is 29.9 Å². The van der Waals surface area contributed by atoms with Gasteiger partial charge < -0.3 is 44.7 Å². The molecule has 0 aliphatic carbocycles. The summed E-state index contributed by atoms with van der Waals surface area (Å²) < 4.78 is 51.0. The fraction of sp³-hybridized carbons (Fsp3) is 0.511. The summed E-state index contributed by atoms with van der Waals surface area (Å²) in [5, 5.41) is 11.0. The van der Waals surface area contributed by atoms with Crippen LogP contribution in [-0.4, -0.2) is 123 Å². The molecule has 64 heavy (non-hydrogen) atoms. The zero-order chi connectivity index (χ0) is 46.0. The number of ether oxygens (including phenoxy) is 4. The van der Waals surface area contributed by atoms with Crippen LogP contribution in [0.15, 0.2) is 47.3 Å². The smallest absolute Gasteiger partial charge is 0.258 e. The van der Waals surface area contributed by atoms with Crippen LogP contribution in [0.5, 0.6) is 5.75 Å². The third kappa shape index (κ3) is 12.6. The Kier molecular flexibility index (Phi) is 16.8. The Bertz CT molecular complexity index is 2230. The van der Waals surface area contributed by atoms with Gasteiger partial charge in [0.15, 0.2) is 23.3 Å². The summed E-state index contributed by atoms with van der Waals surface area (Å²) in [5.41, 5.74) is 4.73. The van der Waals surface area contributed by atoms with Gasteiger partial charge in [0.1, 0.15) is 18.7 Å². The fourth-order valence-electron chi connectivity index (χ4n) is 7.45. The van der Waals surface area contributed by atoms with Crippen molar-refractivity contribution in [1.82, 2.24) is 30.8 Å². The minimum absolute atomic E-state index is 0.0573. The summed E-state index contributed by atoms with van der Waals surface area (Å²) in [5.74, 6) is -4.31. The number of anilines is 1. The van der Waals surface area contributed by atoms with E-state index in [0.29, 0.717) is 45.0 Å². The number of morpholine rings is 1. The number of likely N-dealkylation sites (tertiary alicyclic amines) is 1. The predicted molar refractivity (Wildman–Crippen MR) is 240 cm³/mol. The number of nitrogens with zero attached hydrogens (tertiary/aromatic N) is 4. The highest BCUT2D eigenvalue weighted by molar-refractivity contribution is 7.14. The van der Waals surface area contributed by atoms with Crippen LogP contribution >= 0.6 is 22.7 Å². The van der Waals surface area contributed by atoms with Crippen LogP contribution in [0.25, 0.3) is 21.7 Å². The van der Waals surface area contributed by atoms with E-state index in [-0.39, 0.29) is 62.3 Å². The van der Waals surface area contributed by atoms with Crippen molar-refractivity contribution in [3.05, 3.63) is 70.2 Å². The molecule has 0 saturated carbocycles. The number of hydrogen-bond acceptors (Lipinski definition) is 13. The summed E-state index contributed by atoms with van der Waals surface area (Å²) in [4.78, 5) is 67.0. The molecule has 2 saturated heterocycles. The molecular weight excluding hydrogens is 869 g/mol. The molecule has 6 rings (SSSR count). The molecule has 4 atom stereocenters. The van der Waals surface area contributed by atoms with Gasteiger partial charge in [-0.3, -0.25) is 19.2 Å². The number of amides is 4. The van der Waals surface area contributed by atoms with Gasteiger partial charge in [-0.25, -0.2) is 14.4 Å². The van der Waals surface area contributed by atoms with Gasteiger partial charge in [0.2, 0.25) is 23.5 Å². The van der Waals surface area contributed by atoms with Gasteiger partial charge in [0.05, 0.1) is 60.9 Å². The molecule has 4 heterocycles. The van der Waals surface area contributed by atoms with Gasteiger partial charge in [-0.2, -0.15) is 4.39 Å². The van der Waals surface area contributed by atoms with Gasteiger partial charge >= 0.3 is 0 Å². The maximum Gasteiger partial charge on any atom is 0.258 e. The monoisotopic (exact) mass is 925 g/mol. The van der Waals surface area contributed by atoms with E-state index in [4.69, 9.17) is 18.9 Å². The lowest BCUT2D eigenvalue weighted by Gasteiger charge is -2.35. The second-order valence-corrected chi connectivity index (χ2v) is 18.7. The van der Waals surface area contributed by atoms with Crippen LogP contribution in [0.1, 0.15) is 58.3 Å². The Balaban J connectivity index is 0.900. The van der Waals surface area contributed by atoms with E-state index >= 15 is 0 Å². The van der Waals surface area contributed by atoms with Gasteiger partial charge in [-0.15, -0.1) is 22.7 Å². The van der Waals surface area contributed by atoms with E-state index in [1.54, 1.807) is 21.6 Å². The van der Waals surface area contributed by atoms with E-state index in [9.17, 15) is 28.0 Å². The molecule has 2 aromatic carbocycles. The summed E-state index contributed by atoms with van der Waals surface area (Å²) in [6, 6.07) is 8.47.